The lowest BCUT2D eigenvalue weighted by Crippen LogP contribution is -2.31. The molecule has 0 aliphatic rings. The van der Waals surface area contributed by atoms with Gasteiger partial charge in [-0.2, -0.15) is 0 Å². The molecule has 0 bridgehead atoms. The normalized spacial score (nSPS) is 12.4. The Hall–Kier alpha value is -1.27. The molecule has 0 saturated heterocycles. The SMILES string of the molecule is CCCC(C)(C)Nc1cc(S(=O)(=O)NCC)ccc1N. The Bertz CT molecular complexity index is 554. The third-order valence-electron chi connectivity index (χ3n) is 3.02. The van der Waals surface area contributed by atoms with Gasteiger partial charge >= 0.3 is 0 Å². The molecule has 114 valence electrons. The van der Waals surface area contributed by atoms with Crippen LogP contribution < -0.4 is 15.8 Å². The summed E-state index contributed by atoms with van der Waals surface area (Å²) in [5, 5.41) is 3.32. The largest absolute Gasteiger partial charge is 0.397 e. The van der Waals surface area contributed by atoms with Crippen LogP contribution in [0.4, 0.5) is 11.4 Å². The predicted octanol–water partition coefficient (Wildman–Crippen LogP) is 2.56. The van der Waals surface area contributed by atoms with Gasteiger partial charge in [0.1, 0.15) is 0 Å². The standard InChI is InChI=1S/C14H25N3O2S/c1-5-9-14(3,4)17-13-10-11(7-8-12(13)15)20(18,19)16-6-2/h7-8,10,16-17H,5-6,9,15H2,1-4H3. The van der Waals surface area contributed by atoms with E-state index in [2.05, 4.69) is 30.8 Å². The van der Waals surface area contributed by atoms with Crippen LogP contribution in [0.15, 0.2) is 23.1 Å². The van der Waals surface area contributed by atoms with Crippen molar-refractivity contribution in [2.24, 2.45) is 0 Å². The molecule has 6 heteroatoms. The van der Waals surface area contributed by atoms with Crippen LogP contribution in [0, 0.1) is 0 Å². The van der Waals surface area contributed by atoms with Gasteiger partial charge in [0, 0.05) is 12.1 Å². The molecule has 0 amide bonds. The molecule has 1 aromatic rings. The first kappa shape index (κ1) is 16.8. The van der Waals surface area contributed by atoms with Gasteiger partial charge in [-0.05, 0) is 38.5 Å². The van der Waals surface area contributed by atoms with Crippen molar-refractivity contribution in [1.82, 2.24) is 4.72 Å². The number of benzene rings is 1. The lowest BCUT2D eigenvalue weighted by Gasteiger charge is -2.28. The minimum absolute atomic E-state index is 0.135. The molecule has 20 heavy (non-hydrogen) atoms. The summed E-state index contributed by atoms with van der Waals surface area (Å²) in [6.07, 6.45) is 2.01. The van der Waals surface area contributed by atoms with Crippen LogP contribution in [-0.4, -0.2) is 20.5 Å². The maximum atomic E-state index is 12.0. The van der Waals surface area contributed by atoms with Gasteiger partial charge in [-0.15, -0.1) is 0 Å². The molecule has 0 heterocycles. The zero-order valence-electron chi connectivity index (χ0n) is 12.7. The van der Waals surface area contributed by atoms with E-state index in [0.717, 1.165) is 12.8 Å². The van der Waals surface area contributed by atoms with Crippen molar-refractivity contribution in [3.8, 4) is 0 Å². The van der Waals surface area contributed by atoms with Crippen molar-refractivity contribution < 1.29 is 8.42 Å². The molecule has 0 radical (unpaired) electrons. The number of sulfonamides is 1. The van der Waals surface area contributed by atoms with E-state index in [4.69, 9.17) is 5.73 Å². The monoisotopic (exact) mass is 299 g/mol. The fourth-order valence-electron chi connectivity index (χ4n) is 2.14. The Kier molecular flexibility index (Phi) is 5.42. The van der Waals surface area contributed by atoms with Gasteiger partial charge in [0.15, 0.2) is 0 Å². The molecule has 0 fully saturated rings. The van der Waals surface area contributed by atoms with Crippen molar-refractivity contribution in [3.05, 3.63) is 18.2 Å². The summed E-state index contributed by atoms with van der Waals surface area (Å²) in [7, 11) is -3.46. The molecular weight excluding hydrogens is 274 g/mol. The highest BCUT2D eigenvalue weighted by Gasteiger charge is 2.19. The lowest BCUT2D eigenvalue weighted by molar-refractivity contribution is 0.511. The minimum atomic E-state index is -3.46. The first-order chi connectivity index (χ1) is 9.22. The molecule has 0 aliphatic heterocycles. The second-order valence-corrected chi connectivity index (χ2v) is 7.28. The number of nitrogens with one attached hydrogen (secondary N) is 2. The van der Waals surface area contributed by atoms with Crippen molar-refractivity contribution in [2.45, 2.75) is 51.0 Å². The van der Waals surface area contributed by atoms with Crippen molar-refractivity contribution >= 4 is 21.4 Å². The second kappa shape index (κ2) is 6.45. The second-order valence-electron chi connectivity index (χ2n) is 5.51. The molecule has 0 atom stereocenters. The summed E-state index contributed by atoms with van der Waals surface area (Å²) >= 11 is 0. The van der Waals surface area contributed by atoms with Gasteiger partial charge in [-0.1, -0.05) is 20.3 Å². The van der Waals surface area contributed by atoms with Crippen LogP contribution in [0.1, 0.15) is 40.5 Å². The highest BCUT2D eigenvalue weighted by molar-refractivity contribution is 7.89. The molecule has 0 unspecified atom stereocenters. The lowest BCUT2D eigenvalue weighted by atomic mass is 9.98. The first-order valence-corrected chi connectivity index (χ1v) is 8.37. The van der Waals surface area contributed by atoms with E-state index >= 15 is 0 Å². The summed E-state index contributed by atoms with van der Waals surface area (Å²) in [5.41, 5.74) is 7.00. The number of rotatable bonds is 7. The molecule has 0 saturated carbocycles. The maximum absolute atomic E-state index is 12.0. The average molecular weight is 299 g/mol. The molecular formula is C14H25N3O2S. The van der Waals surface area contributed by atoms with E-state index in [1.54, 1.807) is 19.1 Å². The average Bonchev–Trinajstić information content (AvgIpc) is 2.31. The summed E-state index contributed by atoms with van der Waals surface area (Å²) in [6, 6.07) is 4.73. The topological polar surface area (TPSA) is 84.2 Å². The van der Waals surface area contributed by atoms with Crippen LogP contribution in [-0.2, 0) is 10.0 Å². The number of nitrogens with two attached hydrogens (primary N) is 1. The summed E-state index contributed by atoms with van der Waals surface area (Å²) in [4.78, 5) is 0.225. The maximum Gasteiger partial charge on any atom is 0.240 e. The van der Waals surface area contributed by atoms with Gasteiger partial charge in [0.25, 0.3) is 0 Å². The van der Waals surface area contributed by atoms with E-state index in [0.29, 0.717) is 17.9 Å². The molecule has 0 aliphatic carbocycles. The molecule has 0 spiro atoms. The van der Waals surface area contributed by atoms with Gasteiger partial charge in [-0.3, -0.25) is 0 Å². The van der Waals surface area contributed by atoms with Gasteiger partial charge in [0.05, 0.1) is 16.3 Å². The summed E-state index contributed by atoms with van der Waals surface area (Å²) < 4.78 is 26.5. The molecule has 1 aromatic carbocycles. The molecule has 1 rings (SSSR count). The first-order valence-electron chi connectivity index (χ1n) is 6.89. The third-order valence-corrected chi connectivity index (χ3v) is 4.56. The van der Waals surface area contributed by atoms with Gasteiger partial charge in [-0.25, -0.2) is 13.1 Å². The molecule has 5 nitrogen and oxygen atoms in total. The van der Waals surface area contributed by atoms with E-state index in [9.17, 15) is 8.42 Å². The van der Waals surface area contributed by atoms with Crippen LogP contribution >= 0.6 is 0 Å². The van der Waals surface area contributed by atoms with Crippen LogP contribution in [0.3, 0.4) is 0 Å². The summed E-state index contributed by atoms with van der Waals surface area (Å²) in [6.45, 7) is 8.36. The van der Waals surface area contributed by atoms with E-state index in [1.807, 2.05) is 0 Å². The van der Waals surface area contributed by atoms with Crippen LogP contribution in [0.5, 0.6) is 0 Å². The predicted molar refractivity (Wildman–Crippen MR) is 84.3 cm³/mol. The number of hydrogen-bond acceptors (Lipinski definition) is 4. The molecule has 4 N–H and O–H groups in total. The Labute approximate surface area is 122 Å². The number of anilines is 2. The Morgan fingerprint density at radius 2 is 1.90 bits per heavy atom. The minimum Gasteiger partial charge on any atom is -0.397 e. The Balaban J connectivity index is 3.10. The Morgan fingerprint density at radius 1 is 1.25 bits per heavy atom. The highest BCUT2D eigenvalue weighted by Crippen LogP contribution is 2.27. The van der Waals surface area contributed by atoms with E-state index in [-0.39, 0.29) is 10.4 Å². The fourth-order valence-corrected chi connectivity index (χ4v) is 3.20. The third kappa shape index (κ3) is 4.38. The van der Waals surface area contributed by atoms with Crippen LogP contribution in [0.25, 0.3) is 0 Å². The van der Waals surface area contributed by atoms with Gasteiger partial charge < -0.3 is 11.1 Å². The zero-order chi connectivity index (χ0) is 15.4. The zero-order valence-corrected chi connectivity index (χ0v) is 13.5. The van der Waals surface area contributed by atoms with Gasteiger partial charge in [0.2, 0.25) is 10.0 Å². The smallest absolute Gasteiger partial charge is 0.240 e. The fraction of sp³-hybridized carbons (Fsp3) is 0.571. The van der Waals surface area contributed by atoms with E-state index < -0.39 is 10.0 Å². The number of nitrogen functional groups attached to an aromatic ring is 1. The highest BCUT2D eigenvalue weighted by atomic mass is 32.2. The molecule has 0 aromatic heterocycles. The van der Waals surface area contributed by atoms with Crippen LogP contribution in [0.2, 0.25) is 0 Å². The summed E-state index contributed by atoms with van der Waals surface area (Å²) in [5.74, 6) is 0. The number of hydrogen-bond donors (Lipinski definition) is 3. The van der Waals surface area contributed by atoms with E-state index in [1.165, 1.54) is 6.07 Å². The van der Waals surface area contributed by atoms with Crippen molar-refractivity contribution in [3.63, 3.8) is 0 Å². The van der Waals surface area contributed by atoms with Crippen molar-refractivity contribution in [1.29, 1.82) is 0 Å². The quantitative estimate of drug-likeness (QED) is 0.676. The Morgan fingerprint density at radius 3 is 2.45 bits per heavy atom. The van der Waals surface area contributed by atoms with Crippen molar-refractivity contribution in [2.75, 3.05) is 17.6 Å².